The first kappa shape index (κ1) is 14.3. The molecule has 0 aromatic heterocycles. The molecule has 1 aromatic rings. The SMILES string of the molecule is O=C(NCC1CCC(O)CC1)c1ccc(Cl)cc1F. The molecule has 0 heterocycles. The van der Waals surface area contributed by atoms with E-state index >= 15 is 0 Å². The van der Waals surface area contributed by atoms with Gasteiger partial charge in [-0.1, -0.05) is 11.6 Å². The standard InChI is InChI=1S/C14H17ClFNO2/c15-10-3-6-12(13(16)7-10)14(19)17-8-9-1-4-11(18)5-2-9/h3,6-7,9,11,18H,1-2,4-5,8H2,(H,17,19). The number of nitrogens with one attached hydrogen (secondary N) is 1. The van der Waals surface area contributed by atoms with Gasteiger partial charge >= 0.3 is 0 Å². The van der Waals surface area contributed by atoms with Crippen molar-refractivity contribution in [2.75, 3.05) is 6.54 Å². The maximum absolute atomic E-state index is 13.5. The van der Waals surface area contributed by atoms with Crippen molar-refractivity contribution in [2.45, 2.75) is 31.8 Å². The highest BCUT2D eigenvalue weighted by molar-refractivity contribution is 6.30. The lowest BCUT2D eigenvalue weighted by molar-refractivity contribution is 0.0907. The molecule has 104 valence electrons. The number of carbonyl (C=O) groups excluding carboxylic acids is 1. The molecule has 0 radical (unpaired) electrons. The van der Waals surface area contributed by atoms with Gasteiger partial charge in [-0.15, -0.1) is 0 Å². The number of hydrogen-bond donors (Lipinski definition) is 2. The summed E-state index contributed by atoms with van der Waals surface area (Å²) >= 11 is 5.64. The summed E-state index contributed by atoms with van der Waals surface area (Å²) in [5.41, 5.74) is 0.0141. The van der Waals surface area contributed by atoms with E-state index < -0.39 is 11.7 Å². The Bertz CT molecular complexity index is 459. The van der Waals surface area contributed by atoms with Crippen LogP contribution in [0.5, 0.6) is 0 Å². The van der Waals surface area contributed by atoms with E-state index in [1.54, 1.807) is 0 Å². The largest absolute Gasteiger partial charge is 0.393 e. The molecule has 3 nitrogen and oxygen atoms in total. The number of hydrogen-bond acceptors (Lipinski definition) is 2. The Hall–Kier alpha value is -1.13. The van der Waals surface area contributed by atoms with Gasteiger partial charge in [0, 0.05) is 11.6 Å². The molecule has 0 atom stereocenters. The summed E-state index contributed by atoms with van der Waals surface area (Å²) in [4.78, 5) is 11.8. The van der Waals surface area contributed by atoms with Crippen LogP contribution >= 0.6 is 11.6 Å². The van der Waals surface area contributed by atoms with E-state index in [0.717, 1.165) is 31.7 Å². The molecule has 5 heteroatoms. The van der Waals surface area contributed by atoms with E-state index in [1.807, 2.05) is 0 Å². The third-order valence-corrected chi connectivity index (χ3v) is 3.78. The van der Waals surface area contributed by atoms with Crippen LogP contribution in [-0.2, 0) is 0 Å². The first-order valence-electron chi connectivity index (χ1n) is 6.47. The number of benzene rings is 1. The second-order valence-electron chi connectivity index (χ2n) is 5.01. The summed E-state index contributed by atoms with van der Waals surface area (Å²) in [6.45, 7) is 0.521. The minimum atomic E-state index is -0.607. The van der Waals surface area contributed by atoms with Crippen LogP contribution in [0.25, 0.3) is 0 Å². The average Bonchev–Trinajstić information content (AvgIpc) is 2.37. The zero-order valence-corrected chi connectivity index (χ0v) is 11.3. The van der Waals surface area contributed by atoms with Crippen LogP contribution in [-0.4, -0.2) is 23.7 Å². The van der Waals surface area contributed by atoms with Crippen LogP contribution < -0.4 is 5.32 Å². The Morgan fingerprint density at radius 1 is 1.37 bits per heavy atom. The molecule has 0 bridgehead atoms. The number of aliphatic hydroxyl groups is 1. The Labute approximate surface area is 116 Å². The van der Waals surface area contributed by atoms with Gasteiger partial charge in [-0.3, -0.25) is 4.79 Å². The summed E-state index contributed by atoms with van der Waals surface area (Å²) in [5, 5.41) is 12.4. The van der Waals surface area contributed by atoms with Gasteiger partial charge in [0.2, 0.25) is 0 Å². The Morgan fingerprint density at radius 3 is 2.68 bits per heavy atom. The Balaban J connectivity index is 1.87. The smallest absolute Gasteiger partial charge is 0.254 e. The van der Waals surface area contributed by atoms with Gasteiger partial charge in [0.15, 0.2) is 0 Å². The molecule has 1 amide bonds. The fourth-order valence-electron chi connectivity index (χ4n) is 2.35. The van der Waals surface area contributed by atoms with Crippen LogP contribution in [0.15, 0.2) is 18.2 Å². The van der Waals surface area contributed by atoms with Crippen molar-refractivity contribution in [1.29, 1.82) is 0 Å². The van der Waals surface area contributed by atoms with Crippen molar-refractivity contribution in [3.05, 3.63) is 34.6 Å². The molecule has 0 aliphatic heterocycles. The average molecular weight is 286 g/mol. The number of halogens is 2. The normalized spacial score (nSPS) is 23.1. The lowest BCUT2D eigenvalue weighted by Gasteiger charge is -2.25. The molecule has 1 aliphatic carbocycles. The molecule has 0 unspecified atom stereocenters. The molecule has 1 fully saturated rings. The monoisotopic (exact) mass is 285 g/mol. The van der Waals surface area contributed by atoms with E-state index in [4.69, 9.17) is 11.6 Å². The summed E-state index contributed by atoms with van der Waals surface area (Å²) in [5.74, 6) is -0.660. The molecule has 1 saturated carbocycles. The zero-order valence-electron chi connectivity index (χ0n) is 10.5. The molecule has 2 N–H and O–H groups in total. The molecule has 2 rings (SSSR count). The van der Waals surface area contributed by atoms with Crippen LogP contribution in [0.1, 0.15) is 36.0 Å². The molecule has 19 heavy (non-hydrogen) atoms. The van der Waals surface area contributed by atoms with E-state index in [-0.39, 0.29) is 16.7 Å². The number of aliphatic hydroxyl groups excluding tert-OH is 1. The topological polar surface area (TPSA) is 49.3 Å². The van der Waals surface area contributed by atoms with Gasteiger partial charge in [0.05, 0.1) is 11.7 Å². The highest BCUT2D eigenvalue weighted by Crippen LogP contribution is 2.23. The second kappa shape index (κ2) is 6.35. The fraction of sp³-hybridized carbons (Fsp3) is 0.500. The van der Waals surface area contributed by atoms with Gasteiger partial charge in [-0.2, -0.15) is 0 Å². The molecule has 1 aliphatic rings. The molecule has 0 spiro atoms. The second-order valence-corrected chi connectivity index (χ2v) is 5.45. The first-order valence-corrected chi connectivity index (χ1v) is 6.85. The number of rotatable bonds is 3. The Kier molecular flexibility index (Phi) is 4.77. The van der Waals surface area contributed by atoms with E-state index in [1.165, 1.54) is 12.1 Å². The van der Waals surface area contributed by atoms with Crippen LogP contribution in [0.4, 0.5) is 4.39 Å². The highest BCUT2D eigenvalue weighted by Gasteiger charge is 2.20. The lowest BCUT2D eigenvalue weighted by Crippen LogP contribution is -2.32. The Morgan fingerprint density at radius 2 is 2.05 bits per heavy atom. The minimum Gasteiger partial charge on any atom is -0.393 e. The van der Waals surface area contributed by atoms with Gasteiger partial charge < -0.3 is 10.4 Å². The van der Waals surface area contributed by atoms with Crippen molar-refractivity contribution in [3.63, 3.8) is 0 Å². The van der Waals surface area contributed by atoms with Crippen molar-refractivity contribution in [1.82, 2.24) is 5.32 Å². The fourth-order valence-corrected chi connectivity index (χ4v) is 2.51. The predicted molar refractivity (Wildman–Crippen MR) is 71.7 cm³/mol. The van der Waals surface area contributed by atoms with Crippen LogP contribution in [0.3, 0.4) is 0 Å². The molecular formula is C14H17ClFNO2. The van der Waals surface area contributed by atoms with Gasteiger partial charge in [-0.25, -0.2) is 4.39 Å². The summed E-state index contributed by atoms with van der Waals surface area (Å²) in [7, 11) is 0. The number of amides is 1. The predicted octanol–water partition coefficient (Wildman–Crippen LogP) is 2.76. The van der Waals surface area contributed by atoms with Crippen molar-refractivity contribution in [2.24, 2.45) is 5.92 Å². The summed E-state index contributed by atoms with van der Waals surface area (Å²) in [6, 6.07) is 4.02. The molecule has 0 saturated heterocycles. The maximum Gasteiger partial charge on any atom is 0.254 e. The van der Waals surface area contributed by atoms with E-state index in [0.29, 0.717) is 12.5 Å². The van der Waals surface area contributed by atoms with E-state index in [9.17, 15) is 14.3 Å². The molecular weight excluding hydrogens is 269 g/mol. The van der Waals surface area contributed by atoms with Crippen LogP contribution in [0, 0.1) is 11.7 Å². The quantitative estimate of drug-likeness (QED) is 0.897. The van der Waals surface area contributed by atoms with Crippen molar-refractivity contribution >= 4 is 17.5 Å². The van der Waals surface area contributed by atoms with Crippen molar-refractivity contribution < 1.29 is 14.3 Å². The van der Waals surface area contributed by atoms with E-state index in [2.05, 4.69) is 5.32 Å². The van der Waals surface area contributed by atoms with Gasteiger partial charge in [0.25, 0.3) is 5.91 Å². The summed E-state index contributed by atoms with van der Waals surface area (Å²) in [6.07, 6.45) is 3.13. The lowest BCUT2D eigenvalue weighted by atomic mass is 9.87. The van der Waals surface area contributed by atoms with Gasteiger partial charge in [-0.05, 0) is 49.8 Å². The third kappa shape index (κ3) is 3.91. The molecule has 1 aromatic carbocycles. The van der Waals surface area contributed by atoms with Gasteiger partial charge in [0.1, 0.15) is 5.82 Å². The first-order chi connectivity index (χ1) is 9.06. The summed E-state index contributed by atoms with van der Waals surface area (Å²) < 4.78 is 13.5. The zero-order chi connectivity index (χ0) is 13.8. The highest BCUT2D eigenvalue weighted by atomic mass is 35.5. The van der Waals surface area contributed by atoms with Crippen molar-refractivity contribution in [3.8, 4) is 0 Å². The number of carbonyl (C=O) groups is 1. The third-order valence-electron chi connectivity index (χ3n) is 3.54. The van der Waals surface area contributed by atoms with Crippen LogP contribution in [0.2, 0.25) is 5.02 Å². The minimum absolute atomic E-state index is 0.0141. The maximum atomic E-state index is 13.5.